The van der Waals surface area contributed by atoms with Gasteiger partial charge in [-0.05, 0) is 54.6 Å². The van der Waals surface area contributed by atoms with Crippen LogP contribution in [0.25, 0.3) is 0 Å². The molecular formula is C38H35ClN14O4. The summed E-state index contributed by atoms with van der Waals surface area (Å²) in [5.41, 5.74) is 7.96. The second kappa shape index (κ2) is 21.0. The number of nitrogens with zero attached hydrogens (tertiary/aromatic N) is 8. The summed E-state index contributed by atoms with van der Waals surface area (Å²) in [6.07, 6.45) is 9.10. The van der Waals surface area contributed by atoms with E-state index in [1.54, 1.807) is 81.1 Å². The van der Waals surface area contributed by atoms with E-state index in [0.717, 1.165) is 0 Å². The molecule has 6 aromatic heterocycles. The van der Waals surface area contributed by atoms with Crippen LogP contribution in [0.5, 0.6) is 11.5 Å². The van der Waals surface area contributed by atoms with Crippen LogP contribution in [-0.4, -0.2) is 70.0 Å². The van der Waals surface area contributed by atoms with Gasteiger partial charge in [-0.1, -0.05) is 11.6 Å². The van der Waals surface area contributed by atoms with Gasteiger partial charge in [-0.2, -0.15) is 10.5 Å². The Morgan fingerprint density at radius 1 is 0.649 bits per heavy atom. The zero-order valence-corrected chi connectivity index (χ0v) is 31.7. The molecule has 57 heavy (non-hydrogen) atoms. The van der Waals surface area contributed by atoms with Crippen molar-refractivity contribution < 1.29 is 19.1 Å². The van der Waals surface area contributed by atoms with Gasteiger partial charge in [-0.3, -0.25) is 9.59 Å². The Balaban J connectivity index is 0.000000215. The Bertz CT molecular complexity index is 2420. The fourth-order valence-electron chi connectivity index (χ4n) is 4.56. The van der Waals surface area contributed by atoms with Gasteiger partial charge in [0.2, 0.25) is 0 Å². The van der Waals surface area contributed by atoms with E-state index < -0.39 is 0 Å². The van der Waals surface area contributed by atoms with E-state index >= 15 is 0 Å². The van der Waals surface area contributed by atoms with Crippen molar-refractivity contribution in [3.05, 3.63) is 125 Å². The number of ether oxygens (including phenoxy) is 2. The maximum absolute atomic E-state index is 12.2. The molecule has 0 bridgehead atoms. The number of pyridine rings is 6. The highest BCUT2D eigenvalue weighted by Crippen LogP contribution is 2.29. The molecule has 0 aliphatic rings. The van der Waals surface area contributed by atoms with Gasteiger partial charge in [-0.25, -0.2) is 29.9 Å². The topological polar surface area (TPSA) is 264 Å². The number of nitrogen functional groups attached to an aromatic ring is 1. The van der Waals surface area contributed by atoms with Crippen LogP contribution in [0.3, 0.4) is 0 Å². The zero-order chi connectivity index (χ0) is 41.2. The van der Waals surface area contributed by atoms with Crippen molar-refractivity contribution in [1.82, 2.24) is 40.5 Å². The summed E-state index contributed by atoms with van der Waals surface area (Å²) in [5.74, 6) is 2.73. The SMILES string of the molecule is CNC(=O)c1cnc(Cl)cc1Nc1ncccc1OC.CNC(=O)c1cnc(Nc2cc(C#N)ccn2)cc1Nc1ncccc1OC.N#Cc1ccnc(N)c1. The molecule has 0 aliphatic heterocycles. The quantitative estimate of drug-likeness (QED) is 0.0952. The number of carbonyl (C=O) groups excluding carboxylic acids is 2. The third kappa shape index (κ3) is 12.0. The van der Waals surface area contributed by atoms with Gasteiger partial charge in [0.05, 0.1) is 60.0 Å². The van der Waals surface area contributed by atoms with Gasteiger partial charge < -0.3 is 41.8 Å². The van der Waals surface area contributed by atoms with E-state index in [-0.39, 0.29) is 17.0 Å². The number of nitrogens with one attached hydrogen (secondary N) is 5. The van der Waals surface area contributed by atoms with Crippen molar-refractivity contribution in [2.24, 2.45) is 0 Å². The number of hydrogen-bond acceptors (Lipinski definition) is 16. The van der Waals surface area contributed by atoms with E-state index in [2.05, 4.69) is 62.6 Å². The van der Waals surface area contributed by atoms with E-state index in [0.29, 0.717) is 74.2 Å². The molecule has 2 amide bonds. The number of aromatic nitrogens is 6. The first-order valence-corrected chi connectivity index (χ1v) is 16.9. The summed E-state index contributed by atoms with van der Waals surface area (Å²) in [7, 11) is 6.16. The predicted octanol–water partition coefficient (Wildman–Crippen LogP) is 5.38. The van der Waals surface area contributed by atoms with Gasteiger partial charge in [-0.15, -0.1) is 0 Å². The van der Waals surface area contributed by atoms with Crippen LogP contribution in [-0.2, 0) is 0 Å². The molecule has 0 fully saturated rings. The summed E-state index contributed by atoms with van der Waals surface area (Å²) in [4.78, 5) is 48.5. The summed E-state index contributed by atoms with van der Waals surface area (Å²) >= 11 is 5.87. The molecule has 0 atom stereocenters. The van der Waals surface area contributed by atoms with E-state index in [9.17, 15) is 9.59 Å². The number of rotatable bonds is 10. The third-order valence-electron chi connectivity index (χ3n) is 7.26. The van der Waals surface area contributed by atoms with Gasteiger partial charge in [0.25, 0.3) is 11.8 Å². The predicted molar refractivity (Wildman–Crippen MR) is 214 cm³/mol. The average molecular weight is 787 g/mol. The molecule has 0 radical (unpaired) electrons. The van der Waals surface area contributed by atoms with Gasteiger partial charge in [0.1, 0.15) is 22.6 Å². The number of carbonyl (C=O) groups is 2. The molecule has 18 nitrogen and oxygen atoms in total. The second-order valence-electron chi connectivity index (χ2n) is 10.9. The van der Waals surface area contributed by atoms with Crippen LogP contribution >= 0.6 is 11.6 Å². The Hall–Kier alpha value is -8.09. The van der Waals surface area contributed by atoms with Crippen molar-refractivity contribution in [1.29, 1.82) is 10.5 Å². The highest BCUT2D eigenvalue weighted by Gasteiger charge is 2.16. The number of hydrogen-bond donors (Lipinski definition) is 6. The lowest BCUT2D eigenvalue weighted by molar-refractivity contribution is 0.0955. The van der Waals surface area contributed by atoms with Crippen LogP contribution in [0.15, 0.2) is 97.8 Å². The molecule has 6 rings (SSSR count). The van der Waals surface area contributed by atoms with Gasteiger partial charge in [0, 0.05) is 57.3 Å². The summed E-state index contributed by atoms with van der Waals surface area (Å²) in [5, 5.41) is 31.9. The molecule has 0 unspecified atom stereocenters. The minimum Gasteiger partial charge on any atom is -0.493 e. The smallest absolute Gasteiger partial charge is 0.254 e. The molecule has 19 heteroatoms. The van der Waals surface area contributed by atoms with Crippen molar-refractivity contribution in [2.75, 3.05) is 50.0 Å². The Morgan fingerprint density at radius 3 is 1.67 bits per heavy atom. The van der Waals surface area contributed by atoms with Crippen molar-refractivity contribution >= 4 is 63.9 Å². The van der Waals surface area contributed by atoms with E-state index in [1.807, 2.05) is 6.07 Å². The number of halogens is 1. The lowest BCUT2D eigenvalue weighted by atomic mass is 10.2. The van der Waals surface area contributed by atoms with E-state index in [4.69, 9.17) is 37.3 Å². The molecule has 0 aliphatic carbocycles. The Morgan fingerprint density at radius 2 is 1.16 bits per heavy atom. The highest BCUT2D eigenvalue weighted by atomic mass is 35.5. The number of methoxy groups -OCH3 is 2. The number of nitrogens with two attached hydrogens (primary N) is 1. The lowest BCUT2D eigenvalue weighted by Gasteiger charge is -2.14. The van der Waals surface area contributed by atoms with Gasteiger partial charge in [0.15, 0.2) is 23.1 Å². The maximum atomic E-state index is 12.2. The first-order valence-electron chi connectivity index (χ1n) is 16.5. The number of amides is 2. The fraction of sp³-hybridized carbons (Fsp3) is 0.105. The first-order chi connectivity index (χ1) is 27.6. The fourth-order valence-corrected chi connectivity index (χ4v) is 4.72. The van der Waals surface area contributed by atoms with E-state index in [1.165, 1.54) is 45.0 Å². The molecule has 7 N–H and O–H groups in total. The summed E-state index contributed by atoms with van der Waals surface area (Å²) < 4.78 is 10.5. The summed E-state index contributed by atoms with van der Waals surface area (Å²) in [6, 6.07) is 20.6. The molecule has 0 saturated carbocycles. The maximum Gasteiger partial charge on any atom is 0.254 e. The molecule has 288 valence electrons. The Labute approximate surface area is 332 Å². The molecule has 0 spiro atoms. The Kier molecular flexibility index (Phi) is 15.3. The molecule has 0 saturated heterocycles. The van der Waals surface area contributed by atoms with Crippen molar-refractivity contribution in [3.63, 3.8) is 0 Å². The van der Waals surface area contributed by atoms with Crippen LogP contribution in [0.2, 0.25) is 5.15 Å². The molecule has 6 heterocycles. The summed E-state index contributed by atoms with van der Waals surface area (Å²) in [6.45, 7) is 0. The van der Waals surface area contributed by atoms with Crippen LogP contribution in [0, 0.1) is 22.7 Å². The number of nitriles is 2. The largest absolute Gasteiger partial charge is 0.493 e. The highest BCUT2D eigenvalue weighted by molar-refractivity contribution is 6.29. The zero-order valence-electron chi connectivity index (χ0n) is 30.9. The second-order valence-corrected chi connectivity index (χ2v) is 11.3. The monoisotopic (exact) mass is 786 g/mol. The molecule has 0 aromatic carbocycles. The van der Waals surface area contributed by atoms with Crippen LogP contribution in [0.4, 0.5) is 40.5 Å². The van der Waals surface area contributed by atoms with Gasteiger partial charge >= 0.3 is 0 Å². The van der Waals surface area contributed by atoms with Crippen LogP contribution in [0.1, 0.15) is 31.8 Å². The first kappa shape index (κ1) is 41.7. The van der Waals surface area contributed by atoms with Crippen molar-refractivity contribution in [2.45, 2.75) is 0 Å². The van der Waals surface area contributed by atoms with Crippen LogP contribution < -0.4 is 41.8 Å². The average Bonchev–Trinajstić information content (AvgIpc) is 3.24. The molecular weight excluding hydrogens is 752 g/mol. The van der Waals surface area contributed by atoms with Crippen molar-refractivity contribution in [3.8, 4) is 23.6 Å². The standard InChI is InChI=1S/C19H17N7O2.C13H13ClN4O2.C6H5N3/c1-21-19(27)13-11-24-17(26-16-8-12(10-20)5-7-22-16)9-14(13)25-18-15(28-2)4-3-6-23-18;1-15-13(19)8-7-17-11(14)6-9(8)18-12-10(20-2)4-3-5-16-12;7-4-5-1-2-9-6(8)3-5/h3-9,11H,1-2H3,(H,21,27)(H2,22,23,24,25,26);3-7H,1-2H3,(H,15,19)(H,16,17,18);1-3H,(H2,8,9). The molecule has 6 aromatic rings. The minimum absolute atomic E-state index is 0.272. The normalized spacial score (nSPS) is 9.67. The minimum atomic E-state index is -0.305. The number of anilines is 7. The lowest BCUT2D eigenvalue weighted by Crippen LogP contribution is -2.19. The third-order valence-corrected chi connectivity index (χ3v) is 7.47.